The summed E-state index contributed by atoms with van der Waals surface area (Å²) in [6.07, 6.45) is 0.299. The summed E-state index contributed by atoms with van der Waals surface area (Å²) in [6, 6.07) is 19.2. The Labute approximate surface area is 113 Å². The number of benzene rings is 2. The number of hydrogen-bond donors (Lipinski definition) is 0. The maximum absolute atomic E-state index is 12.2. The number of Topliss-reactive ketones (excluding diaryl/α,β-unsaturated/α-hetero) is 1. The van der Waals surface area contributed by atoms with Crippen molar-refractivity contribution in [3.63, 3.8) is 0 Å². The second kappa shape index (κ2) is 5.97. The van der Waals surface area contributed by atoms with Gasteiger partial charge in [0.2, 0.25) is 0 Å². The molecule has 0 aliphatic rings. The molecule has 1 atom stereocenters. The molecule has 0 bridgehead atoms. The highest BCUT2D eigenvalue weighted by Gasteiger charge is 2.19. The maximum Gasteiger partial charge on any atom is 0.158 e. The summed E-state index contributed by atoms with van der Waals surface area (Å²) in [7, 11) is 0. The van der Waals surface area contributed by atoms with Crippen LogP contribution in [0.15, 0.2) is 54.6 Å². The van der Waals surface area contributed by atoms with Gasteiger partial charge in [0.25, 0.3) is 0 Å². The van der Waals surface area contributed by atoms with Crippen molar-refractivity contribution in [3.8, 4) is 6.07 Å². The smallest absolute Gasteiger partial charge is 0.158 e. The summed E-state index contributed by atoms with van der Waals surface area (Å²) in [5.41, 5.74) is 2.84. The van der Waals surface area contributed by atoms with Crippen LogP contribution in [0.2, 0.25) is 0 Å². The highest BCUT2D eigenvalue weighted by molar-refractivity contribution is 5.90. The SMILES string of the molecule is Cc1ccc([C@@H](C#N)C(=O)Cc2ccccc2)cc1. The quantitative estimate of drug-likeness (QED) is 0.833. The first-order valence-corrected chi connectivity index (χ1v) is 6.23. The summed E-state index contributed by atoms with van der Waals surface area (Å²) in [5, 5.41) is 9.23. The number of carbonyl (C=O) groups excluding carboxylic acids is 1. The molecule has 0 saturated carbocycles. The molecule has 2 aromatic carbocycles. The van der Waals surface area contributed by atoms with Crippen LogP contribution < -0.4 is 0 Å². The van der Waals surface area contributed by atoms with Gasteiger partial charge >= 0.3 is 0 Å². The molecule has 0 aromatic heterocycles. The van der Waals surface area contributed by atoms with Gasteiger partial charge in [-0.2, -0.15) is 5.26 Å². The van der Waals surface area contributed by atoms with Gasteiger partial charge in [0, 0.05) is 6.42 Å². The fraction of sp³-hybridized carbons (Fsp3) is 0.176. The lowest BCUT2D eigenvalue weighted by Gasteiger charge is -2.09. The lowest BCUT2D eigenvalue weighted by Crippen LogP contribution is -2.13. The van der Waals surface area contributed by atoms with Crippen molar-refractivity contribution < 1.29 is 4.79 Å². The molecule has 19 heavy (non-hydrogen) atoms. The lowest BCUT2D eigenvalue weighted by atomic mass is 9.92. The van der Waals surface area contributed by atoms with Gasteiger partial charge in [0.1, 0.15) is 5.92 Å². The Morgan fingerprint density at radius 2 is 1.74 bits per heavy atom. The number of nitriles is 1. The van der Waals surface area contributed by atoms with Gasteiger partial charge in [0.05, 0.1) is 6.07 Å². The predicted octanol–water partition coefficient (Wildman–Crippen LogP) is 3.41. The molecule has 0 unspecified atom stereocenters. The van der Waals surface area contributed by atoms with Crippen LogP contribution in [0.5, 0.6) is 0 Å². The Balaban J connectivity index is 2.16. The second-order valence-corrected chi connectivity index (χ2v) is 4.60. The minimum absolute atomic E-state index is 0.0578. The third-order valence-corrected chi connectivity index (χ3v) is 3.08. The van der Waals surface area contributed by atoms with Gasteiger partial charge in [-0.3, -0.25) is 4.79 Å². The van der Waals surface area contributed by atoms with E-state index in [1.165, 1.54) is 0 Å². The first-order chi connectivity index (χ1) is 9.20. The van der Waals surface area contributed by atoms with Crippen molar-refractivity contribution in [1.82, 2.24) is 0 Å². The second-order valence-electron chi connectivity index (χ2n) is 4.60. The van der Waals surface area contributed by atoms with Crippen molar-refractivity contribution in [1.29, 1.82) is 5.26 Å². The first kappa shape index (κ1) is 13.0. The van der Waals surface area contributed by atoms with E-state index in [0.29, 0.717) is 6.42 Å². The van der Waals surface area contributed by atoms with Crippen LogP contribution in [0.4, 0.5) is 0 Å². The number of ketones is 1. The highest BCUT2D eigenvalue weighted by atomic mass is 16.1. The van der Waals surface area contributed by atoms with Crippen LogP contribution in [-0.4, -0.2) is 5.78 Å². The Morgan fingerprint density at radius 1 is 1.11 bits per heavy atom. The largest absolute Gasteiger partial charge is 0.297 e. The van der Waals surface area contributed by atoms with Crippen LogP contribution >= 0.6 is 0 Å². The summed E-state index contributed by atoms with van der Waals surface area (Å²) < 4.78 is 0. The molecule has 0 aliphatic heterocycles. The van der Waals surface area contributed by atoms with Crippen molar-refractivity contribution in [2.24, 2.45) is 0 Å². The third kappa shape index (κ3) is 3.29. The topological polar surface area (TPSA) is 40.9 Å². The normalized spacial score (nSPS) is 11.6. The van der Waals surface area contributed by atoms with E-state index >= 15 is 0 Å². The zero-order valence-electron chi connectivity index (χ0n) is 10.8. The number of rotatable bonds is 4. The van der Waals surface area contributed by atoms with Crippen LogP contribution in [0, 0.1) is 18.3 Å². The molecule has 0 saturated heterocycles. The molecule has 0 amide bonds. The van der Waals surface area contributed by atoms with Gasteiger partial charge in [-0.15, -0.1) is 0 Å². The Morgan fingerprint density at radius 3 is 2.32 bits per heavy atom. The molecule has 0 radical (unpaired) electrons. The summed E-state index contributed by atoms with van der Waals surface area (Å²) in [4.78, 5) is 12.2. The van der Waals surface area contributed by atoms with E-state index in [4.69, 9.17) is 0 Å². The third-order valence-electron chi connectivity index (χ3n) is 3.08. The van der Waals surface area contributed by atoms with Gasteiger partial charge in [0.15, 0.2) is 5.78 Å². The molecule has 2 nitrogen and oxygen atoms in total. The van der Waals surface area contributed by atoms with Crippen molar-refractivity contribution >= 4 is 5.78 Å². The zero-order valence-corrected chi connectivity index (χ0v) is 10.8. The average molecular weight is 249 g/mol. The average Bonchev–Trinajstić information content (AvgIpc) is 2.43. The Bertz CT molecular complexity index is 593. The molecule has 2 aromatic rings. The molecule has 2 heteroatoms. The maximum atomic E-state index is 12.2. The summed E-state index contributed by atoms with van der Waals surface area (Å²) in [5.74, 6) is -0.738. The van der Waals surface area contributed by atoms with Crippen LogP contribution in [0.25, 0.3) is 0 Å². The zero-order chi connectivity index (χ0) is 13.7. The first-order valence-electron chi connectivity index (χ1n) is 6.23. The highest BCUT2D eigenvalue weighted by Crippen LogP contribution is 2.19. The van der Waals surface area contributed by atoms with E-state index in [0.717, 1.165) is 16.7 Å². The van der Waals surface area contributed by atoms with Crippen LogP contribution in [0.1, 0.15) is 22.6 Å². The van der Waals surface area contributed by atoms with E-state index < -0.39 is 5.92 Å². The van der Waals surface area contributed by atoms with E-state index in [2.05, 4.69) is 6.07 Å². The van der Waals surface area contributed by atoms with E-state index in [1.54, 1.807) is 0 Å². The lowest BCUT2D eigenvalue weighted by molar-refractivity contribution is -0.118. The van der Waals surface area contributed by atoms with Crippen LogP contribution in [-0.2, 0) is 11.2 Å². The fourth-order valence-electron chi connectivity index (χ4n) is 1.99. The number of hydrogen-bond acceptors (Lipinski definition) is 2. The molecular weight excluding hydrogens is 234 g/mol. The minimum Gasteiger partial charge on any atom is -0.297 e. The number of carbonyl (C=O) groups is 1. The van der Waals surface area contributed by atoms with Gasteiger partial charge in [-0.1, -0.05) is 60.2 Å². The van der Waals surface area contributed by atoms with Crippen molar-refractivity contribution in [3.05, 3.63) is 71.3 Å². The Kier molecular flexibility index (Phi) is 4.10. The molecule has 0 N–H and O–H groups in total. The van der Waals surface area contributed by atoms with E-state index in [1.807, 2.05) is 61.5 Å². The molecule has 0 heterocycles. The summed E-state index contributed by atoms with van der Waals surface area (Å²) in [6.45, 7) is 1.98. The molecule has 0 fully saturated rings. The number of nitrogens with zero attached hydrogens (tertiary/aromatic N) is 1. The molecule has 2 rings (SSSR count). The molecule has 0 aliphatic carbocycles. The standard InChI is InChI=1S/C17H15NO/c1-13-7-9-15(10-8-13)16(12-18)17(19)11-14-5-3-2-4-6-14/h2-10,16H,11H2,1H3/t16-/m1/s1. The van der Waals surface area contributed by atoms with Crippen molar-refractivity contribution in [2.75, 3.05) is 0 Å². The van der Waals surface area contributed by atoms with Crippen LogP contribution in [0.3, 0.4) is 0 Å². The Hall–Kier alpha value is -2.40. The molecule has 0 spiro atoms. The molecule has 94 valence electrons. The predicted molar refractivity (Wildman–Crippen MR) is 74.7 cm³/mol. The molecular formula is C17H15NO. The minimum atomic E-state index is -0.680. The fourth-order valence-corrected chi connectivity index (χ4v) is 1.99. The van der Waals surface area contributed by atoms with E-state index in [9.17, 15) is 10.1 Å². The van der Waals surface area contributed by atoms with E-state index in [-0.39, 0.29) is 5.78 Å². The monoisotopic (exact) mass is 249 g/mol. The van der Waals surface area contributed by atoms with Gasteiger partial charge in [-0.25, -0.2) is 0 Å². The van der Waals surface area contributed by atoms with Crippen molar-refractivity contribution in [2.45, 2.75) is 19.3 Å². The number of aryl methyl sites for hydroxylation is 1. The van der Waals surface area contributed by atoms with Gasteiger partial charge in [-0.05, 0) is 18.1 Å². The summed E-state index contributed by atoms with van der Waals surface area (Å²) >= 11 is 0. The van der Waals surface area contributed by atoms with Gasteiger partial charge < -0.3 is 0 Å².